The van der Waals surface area contributed by atoms with Crippen molar-refractivity contribution in [1.82, 2.24) is 19.7 Å². The molecule has 0 bridgehead atoms. The van der Waals surface area contributed by atoms with Crippen molar-refractivity contribution in [3.8, 4) is 17.3 Å². The lowest BCUT2D eigenvalue weighted by Gasteiger charge is -2.39. The molecule has 3 aromatic rings. The zero-order chi connectivity index (χ0) is 31.0. The summed E-state index contributed by atoms with van der Waals surface area (Å²) in [5.74, 6) is 1.44. The summed E-state index contributed by atoms with van der Waals surface area (Å²) in [6.07, 6.45) is 3.42. The number of hydrogen-bond donors (Lipinski definition) is 1. The highest BCUT2D eigenvalue weighted by Gasteiger charge is 2.44. The molecular weight excluding hydrogens is 581 g/mol. The van der Waals surface area contributed by atoms with Crippen LogP contribution in [0.1, 0.15) is 45.2 Å². The van der Waals surface area contributed by atoms with Gasteiger partial charge in [0.1, 0.15) is 18.1 Å². The quantitative estimate of drug-likeness (QED) is 0.230. The summed E-state index contributed by atoms with van der Waals surface area (Å²) < 4.78 is 14.0. The van der Waals surface area contributed by atoms with E-state index in [1.54, 1.807) is 12.3 Å². The molecule has 225 valence electrons. The zero-order valence-corrected chi connectivity index (χ0v) is 27.4. The molecule has 1 saturated heterocycles. The normalized spacial score (nSPS) is 20.1. The first-order chi connectivity index (χ1) is 20.3. The number of rotatable bonds is 10. The third-order valence-corrected chi connectivity index (χ3v) is 13.5. The van der Waals surface area contributed by atoms with E-state index in [1.807, 2.05) is 21.6 Å². The van der Waals surface area contributed by atoms with Gasteiger partial charge in [-0.1, -0.05) is 39.3 Å². The summed E-state index contributed by atoms with van der Waals surface area (Å²) in [7, 11) is -0.560. The number of carbonyl (C=O) groups excluding carboxylic acids is 1. The largest absolute Gasteiger partial charge is 0.416 e. The van der Waals surface area contributed by atoms with Crippen LogP contribution in [-0.2, 0) is 25.9 Å². The third-order valence-electron chi connectivity index (χ3n) is 8.88. The van der Waals surface area contributed by atoms with Gasteiger partial charge >= 0.3 is 7.41 Å². The monoisotopic (exact) mass is 618 g/mol. The fraction of sp³-hybridized carbons (Fsp3) is 0.500. The molecule has 0 aliphatic carbocycles. The molecular formula is C30H38BClN7O3Si. The van der Waals surface area contributed by atoms with Crippen LogP contribution >= 0.6 is 11.6 Å². The summed E-state index contributed by atoms with van der Waals surface area (Å²) in [5.41, 5.74) is 3.15. The van der Waals surface area contributed by atoms with Crippen LogP contribution in [0.4, 0.5) is 17.5 Å². The van der Waals surface area contributed by atoms with Crippen molar-refractivity contribution in [2.45, 2.75) is 64.2 Å². The summed E-state index contributed by atoms with van der Waals surface area (Å²) in [5, 5.41) is 18.3. The molecule has 10 nitrogen and oxygen atoms in total. The van der Waals surface area contributed by atoms with Gasteiger partial charge in [0.05, 0.1) is 17.9 Å². The Hall–Kier alpha value is -3.24. The topological polar surface area (TPSA) is 118 Å². The Labute approximate surface area is 260 Å². The molecule has 2 aliphatic heterocycles. The number of halogens is 1. The van der Waals surface area contributed by atoms with Crippen molar-refractivity contribution >= 4 is 51.0 Å². The second-order valence-electron chi connectivity index (χ2n) is 13.2. The van der Waals surface area contributed by atoms with Crippen LogP contribution in [0, 0.1) is 17.2 Å². The first-order valence-electron chi connectivity index (χ1n) is 14.5. The predicted molar refractivity (Wildman–Crippen MR) is 172 cm³/mol. The third kappa shape index (κ3) is 6.50. The van der Waals surface area contributed by atoms with E-state index in [0.29, 0.717) is 60.4 Å². The fourth-order valence-electron chi connectivity index (χ4n) is 5.35. The highest BCUT2D eigenvalue weighted by atomic mass is 35.5. The van der Waals surface area contributed by atoms with Gasteiger partial charge in [-0.2, -0.15) is 10.4 Å². The number of benzene rings is 1. The number of fused-ring (bicyclic) bond motifs is 1. The Morgan fingerprint density at radius 2 is 2.14 bits per heavy atom. The van der Waals surface area contributed by atoms with Crippen LogP contribution in [0.25, 0.3) is 11.3 Å². The van der Waals surface area contributed by atoms with E-state index in [-0.39, 0.29) is 5.04 Å². The Kier molecular flexibility index (Phi) is 8.73. The predicted octanol–water partition coefficient (Wildman–Crippen LogP) is 5.55. The molecule has 1 fully saturated rings. The minimum atomic E-state index is -2.06. The Balaban J connectivity index is 1.48. The highest BCUT2D eigenvalue weighted by molar-refractivity contribution is 6.74. The maximum Gasteiger partial charge on any atom is 0.329 e. The van der Waals surface area contributed by atoms with Gasteiger partial charge in [0.25, 0.3) is 0 Å². The number of anilines is 3. The smallest absolute Gasteiger partial charge is 0.329 e. The van der Waals surface area contributed by atoms with Gasteiger partial charge in [-0.15, -0.1) is 0 Å². The lowest BCUT2D eigenvalue weighted by Crippen LogP contribution is -2.46. The molecule has 0 amide bonds. The van der Waals surface area contributed by atoms with Crippen molar-refractivity contribution in [2.24, 2.45) is 5.92 Å². The molecule has 1 aromatic carbocycles. The first kappa shape index (κ1) is 31.2. The van der Waals surface area contributed by atoms with Gasteiger partial charge in [0.2, 0.25) is 5.95 Å². The van der Waals surface area contributed by atoms with Gasteiger partial charge < -0.3 is 24.1 Å². The molecule has 0 unspecified atom stereocenters. The van der Waals surface area contributed by atoms with Gasteiger partial charge in [0, 0.05) is 61.2 Å². The Bertz CT molecular complexity index is 1550. The maximum atomic E-state index is 11.6. The number of carbonyl (C=O) groups is 1. The van der Waals surface area contributed by atoms with Crippen molar-refractivity contribution in [1.29, 1.82) is 5.26 Å². The molecule has 13 heteroatoms. The number of aromatic nitrogens is 4. The molecule has 2 aliphatic rings. The molecule has 43 heavy (non-hydrogen) atoms. The highest BCUT2D eigenvalue weighted by Crippen LogP contribution is 2.46. The summed E-state index contributed by atoms with van der Waals surface area (Å²) in [6.45, 7) is 16.4. The maximum absolute atomic E-state index is 11.6. The molecule has 0 saturated carbocycles. The average Bonchev–Trinajstić information content (AvgIpc) is 3.66. The van der Waals surface area contributed by atoms with Crippen molar-refractivity contribution in [2.75, 3.05) is 36.5 Å². The van der Waals surface area contributed by atoms with Crippen LogP contribution in [0.2, 0.25) is 23.3 Å². The van der Waals surface area contributed by atoms with Gasteiger partial charge in [-0.05, 0) is 48.3 Å². The molecule has 1 N–H and O–H groups in total. The molecule has 2 atom stereocenters. The SMILES string of the molecule is CC(C)(C)[Si](C)(C)OC[C@@]1(C)CN([B]C=O)c2c(C#N)cc(-c3ccnc(Nc4cc(Cl)nn4C[C@@H]4CCOC4)n3)cc21. The van der Waals surface area contributed by atoms with E-state index in [9.17, 15) is 10.1 Å². The van der Waals surface area contributed by atoms with Crippen LogP contribution in [-0.4, -0.2) is 68.0 Å². The standard InChI is InChI=1S/C30H38BClN7O3Si/c1-29(2,3)43(5,6)42-18-30(4)17-38(31-19-40)27-22(14-33)11-21(12-23(27)30)24-7-9-34-28(35-24)36-26-13-25(32)37-39(26)15-20-8-10-41-16-20/h7,9,11-13,19-20H,8,10,15-18H2,1-6H3,(H,34,35,36)/t20-,30+/m0/s1. The van der Waals surface area contributed by atoms with Gasteiger partial charge in [-0.25, -0.2) is 14.6 Å². The van der Waals surface area contributed by atoms with E-state index in [0.717, 1.165) is 36.0 Å². The number of ether oxygens (including phenoxy) is 1. The summed E-state index contributed by atoms with van der Waals surface area (Å²) >= 11 is 6.26. The first-order valence-corrected chi connectivity index (χ1v) is 17.8. The summed E-state index contributed by atoms with van der Waals surface area (Å²) in [4.78, 5) is 22.7. The minimum Gasteiger partial charge on any atom is -0.416 e. The molecule has 4 heterocycles. The van der Waals surface area contributed by atoms with Crippen LogP contribution in [0.5, 0.6) is 0 Å². The van der Waals surface area contributed by atoms with Crippen LogP contribution in [0.15, 0.2) is 30.5 Å². The molecule has 2 aromatic heterocycles. The summed E-state index contributed by atoms with van der Waals surface area (Å²) in [6, 6.07) is 9.81. The lowest BCUT2D eigenvalue weighted by molar-refractivity contribution is 0.181. The molecule has 5 rings (SSSR count). The van der Waals surface area contributed by atoms with Crippen molar-refractivity contribution < 1.29 is 14.0 Å². The zero-order valence-electron chi connectivity index (χ0n) is 25.6. The Morgan fingerprint density at radius 3 is 2.81 bits per heavy atom. The lowest BCUT2D eigenvalue weighted by atomic mass is 9.83. The average molecular weight is 619 g/mol. The minimum absolute atomic E-state index is 0.0495. The number of nitrogens with one attached hydrogen (secondary N) is 1. The molecule has 0 spiro atoms. The van der Waals surface area contributed by atoms with Gasteiger partial charge in [-0.3, -0.25) is 0 Å². The fourth-order valence-corrected chi connectivity index (χ4v) is 6.66. The van der Waals surface area contributed by atoms with E-state index in [2.05, 4.69) is 68.3 Å². The number of hydrogen-bond acceptors (Lipinski definition) is 9. The van der Waals surface area contributed by atoms with Crippen LogP contribution < -0.4 is 10.1 Å². The van der Waals surface area contributed by atoms with Crippen molar-refractivity contribution in [3.05, 3.63) is 46.7 Å². The molecule has 1 radical (unpaired) electrons. The second kappa shape index (κ2) is 12.0. The van der Waals surface area contributed by atoms with E-state index in [4.69, 9.17) is 25.7 Å². The number of nitrogens with zero attached hydrogens (tertiary/aromatic N) is 6. The number of nitriles is 1. The Morgan fingerprint density at radius 1 is 1.35 bits per heavy atom. The van der Waals surface area contributed by atoms with Crippen molar-refractivity contribution in [3.63, 3.8) is 0 Å². The van der Waals surface area contributed by atoms with Gasteiger partial charge in [0.15, 0.2) is 13.5 Å². The van der Waals surface area contributed by atoms with E-state index in [1.165, 1.54) is 7.41 Å². The second-order valence-corrected chi connectivity index (χ2v) is 18.4. The van der Waals surface area contributed by atoms with E-state index < -0.39 is 13.7 Å². The van der Waals surface area contributed by atoms with E-state index >= 15 is 0 Å². The van der Waals surface area contributed by atoms with Crippen LogP contribution in [0.3, 0.4) is 0 Å².